The lowest BCUT2D eigenvalue weighted by Gasteiger charge is -2.21. The molecule has 1 aliphatic rings. The Bertz CT molecular complexity index is 442. The molecule has 0 aliphatic carbocycles. The van der Waals surface area contributed by atoms with E-state index in [1.54, 1.807) is 24.3 Å². The first kappa shape index (κ1) is 11.4. The average molecular weight is 234 g/mol. The fourth-order valence-corrected chi connectivity index (χ4v) is 2.21. The Kier molecular flexibility index (Phi) is 2.99. The summed E-state index contributed by atoms with van der Waals surface area (Å²) >= 11 is 0. The highest BCUT2D eigenvalue weighted by Gasteiger charge is 2.29. The number of carbonyl (C=O) groups is 2. The highest BCUT2D eigenvalue weighted by atomic mass is 16.4. The van der Waals surface area contributed by atoms with E-state index in [1.165, 1.54) is 4.90 Å². The van der Waals surface area contributed by atoms with E-state index >= 15 is 0 Å². The molecule has 1 aromatic rings. The standard InChI is InChI=1S/C12H14N2O3/c13-11(15)9-5-3-8(4-6-9)10-2-1-7-14(10)12(16)17/h3-6,10H,1-2,7H2,(H2,13,15)(H,16,17). The number of carbonyl (C=O) groups excluding carboxylic acids is 1. The van der Waals surface area contributed by atoms with Gasteiger partial charge in [0.2, 0.25) is 5.91 Å². The minimum Gasteiger partial charge on any atom is -0.465 e. The molecule has 0 saturated carbocycles. The molecule has 1 fully saturated rings. The van der Waals surface area contributed by atoms with Gasteiger partial charge in [-0.15, -0.1) is 0 Å². The molecule has 1 heterocycles. The molecular weight excluding hydrogens is 220 g/mol. The van der Waals surface area contributed by atoms with Gasteiger partial charge >= 0.3 is 6.09 Å². The van der Waals surface area contributed by atoms with Crippen molar-refractivity contribution >= 4 is 12.0 Å². The molecule has 5 nitrogen and oxygen atoms in total. The summed E-state index contributed by atoms with van der Waals surface area (Å²) in [6, 6.07) is 6.71. The lowest BCUT2D eigenvalue weighted by Crippen LogP contribution is -2.28. The van der Waals surface area contributed by atoms with Crippen LogP contribution in [0.2, 0.25) is 0 Å². The Labute approximate surface area is 98.8 Å². The molecule has 2 amide bonds. The normalized spacial score (nSPS) is 19.3. The maximum absolute atomic E-state index is 11.0. The zero-order valence-corrected chi connectivity index (χ0v) is 9.30. The van der Waals surface area contributed by atoms with E-state index in [2.05, 4.69) is 0 Å². The van der Waals surface area contributed by atoms with Crippen molar-refractivity contribution in [1.82, 2.24) is 4.90 Å². The number of primary amides is 1. The second-order valence-electron chi connectivity index (χ2n) is 4.12. The number of carboxylic acid groups (broad SMARTS) is 1. The summed E-state index contributed by atoms with van der Waals surface area (Å²) in [5, 5.41) is 9.04. The van der Waals surface area contributed by atoms with Crippen LogP contribution >= 0.6 is 0 Å². The summed E-state index contributed by atoms with van der Waals surface area (Å²) in [5.74, 6) is -0.474. The van der Waals surface area contributed by atoms with E-state index < -0.39 is 12.0 Å². The van der Waals surface area contributed by atoms with Crippen molar-refractivity contribution < 1.29 is 14.7 Å². The van der Waals surface area contributed by atoms with E-state index in [9.17, 15) is 9.59 Å². The Morgan fingerprint density at radius 2 is 1.94 bits per heavy atom. The minimum atomic E-state index is -0.897. The highest BCUT2D eigenvalue weighted by molar-refractivity contribution is 5.92. The summed E-state index contributed by atoms with van der Waals surface area (Å²) in [6.45, 7) is 0.567. The van der Waals surface area contributed by atoms with Gasteiger partial charge in [-0.1, -0.05) is 12.1 Å². The van der Waals surface area contributed by atoms with Crippen LogP contribution in [0.3, 0.4) is 0 Å². The molecule has 1 atom stereocenters. The molecule has 1 unspecified atom stereocenters. The van der Waals surface area contributed by atoms with Crippen molar-refractivity contribution in [3.8, 4) is 0 Å². The number of rotatable bonds is 2. The summed E-state index contributed by atoms with van der Waals surface area (Å²) in [7, 11) is 0. The Balaban J connectivity index is 2.22. The zero-order valence-electron chi connectivity index (χ0n) is 9.30. The van der Waals surface area contributed by atoms with Gasteiger partial charge in [0.05, 0.1) is 6.04 Å². The van der Waals surface area contributed by atoms with Gasteiger partial charge in [-0.25, -0.2) is 4.79 Å². The van der Waals surface area contributed by atoms with Crippen LogP contribution in [-0.4, -0.2) is 28.6 Å². The lowest BCUT2D eigenvalue weighted by atomic mass is 10.0. The third-order valence-electron chi connectivity index (χ3n) is 3.08. The lowest BCUT2D eigenvalue weighted by molar-refractivity contribution is 0.1000. The molecule has 90 valence electrons. The van der Waals surface area contributed by atoms with Crippen molar-refractivity contribution in [2.45, 2.75) is 18.9 Å². The van der Waals surface area contributed by atoms with Crippen LogP contribution in [0.1, 0.15) is 34.8 Å². The molecule has 5 heteroatoms. The zero-order chi connectivity index (χ0) is 12.4. The summed E-state index contributed by atoms with van der Waals surface area (Å²) in [6.07, 6.45) is 0.794. The van der Waals surface area contributed by atoms with Gasteiger partial charge in [0, 0.05) is 12.1 Å². The van der Waals surface area contributed by atoms with Crippen molar-refractivity contribution in [1.29, 1.82) is 0 Å². The second kappa shape index (κ2) is 4.45. The fourth-order valence-electron chi connectivity index (χ4n) is 2.21. The van der Waals surface area contributed by atoms with E-state index in [-0.39, 0.29) is 6.04 Å². The molecule has 2 rings (SSSR count). The average Bonchev–Trinajstić information content (AvgIpc) is 2.78. The van der Waals surface area contributed by atoms with E-state index in [0.717, 1.165) is 18.4 Å². The Morgan fingerprint density at radius 1 is 1.29 bits per heavy atom. The van der Waals surface area contributed by atoms with Gasteiger partial charge < -0.3 is 15.7 Å². The smallest absolute Gasteiger partial charge is 0.407 e. The molecular formula is C12H14N2O3. The molecule has 1 aliphatic heterocycles. The van der Waals surface area contributed by atoms with Crippen LogP contribution in [-0.2, 0) is 0 Å². The van der Waals surface area contributed by atoms with Crippen LogP contribution in [0, 0.1) is 0 Å². The van der Waals surface area contributed by atoms with Crippen molar-refractivity contribution in [3.05, 3.63) is 35.4 Å². The van der Waals surface area contributed by atoms with E-state index in [0.29, 0.717) is 12.1 Å². The number of nitrogens with two attached hydrogens (primary N) is 1. The van der Waals surface area contributed by atoms with Crippen LogP contribution in [0.15, 0.2) is 24.3 Å². The van der Waals surface area contributed by atoms with Gasteiger partial charge in [-0.05, 0) is 30.5 Å². The Hall–Kier alpha value is -2.04. The quantitative estimate of drug-likeness (QED) is 0.815. The van der Waals surface area contributed by atoms with Gasteiger partial charge in [0.25, 0.3) is 0 Å². The van der Waals surface area contributed by atoms with Crippen LogP contribution < -0.4 is 5.73 Å². The number of benzene rings is 1. The molecule has 0 spiro atoms. The third kappa shape index (κ3) is 2.22. The van der Waals surface area contributed by atoms with Crippen LogP contribution in [0.25, 0.3) is 0 Å². The minimum absolute atomic E-state index is 0.102. The molecule has 17 heavy (non-hydrogen) atoms. The van der Waals surface area contributed by atoms with Gasteiger partial charge in [-0.2, -0.15) is 0 Å². The van der Waals surface area contributed by atoms with E-state index in [1.807, 2.05) is 0 Å². The summed E-state index contributed by atoms with van der Waals surface area (Å²) in [5.41, 5.74) is 6.50. The molecule has 0 radical (unpaired) electrons. The van der Waals surface area contributed by atoms with Crippen molar-refractivity contribution in [3.63, 3.8) is 0 Å². The van der Waals surface area contributed by atoms with E-state index in [4.69, 9.17) is 10.8 Å². The first-order chi connectivity index (χ1) is 8.09. The summed E-state index contributed by atoms with van der Waals surface area (Å²) in [4.78, 5) is 23.4. The second-order valence-corrected chi connectivity index (χ2v) is 4.12. The first-order valence-electron chi connectivity index (χ1n) is 5.49. The number of hydrogen-bond donors (Lipinski definition) is 2. The highest BCUT2D eigenvalue weighted by Crippen LogP contribution is 2.31. The summed E-state index contributed by atoms with van der Waals surface area (Å²) < 4.78 is 0. The predicted molar refractivity (Wildman–Crippen MR) is 61.7 cm³/mol. The number of hydrogen-bond acceptors (Lipinski definition) is 2. The number of amides is 2. The molecule has 3 N–H and O–H groups in total. The largest absolute Gasteiger partial charge is 0.465 e. The molecule has 1 aromatic carbocycles. The SMILES string of the molecule is NC(=O)c1ccc(C2CCCN2C(=O)O)cc1. The topological polar surface area (TPSA) is 83.6 Å². The molecule has 0 aromatic heterocycles. The molecule has 0 bridgehead atoms. The number of likely N-dealkylation sites (tertiary alicyclic amines) is 1. The fraction of sp³-hybridized carbons (Fsp3) is 0.333. The monoisotopic (exact) mass is 234 g/mol. The Morgan fingerprint density at radius 3 is 2.47 bits per heavy atom. The van der Waals surface area contributed by atoms with Crippen LogP contribution in [0.4, 0.5) is 4.79 Å². The number of nitrogens with zero attached hydrogens (tertiary/aromatic N) is 1. The third-order valence-corrected chi connectivity index (χ3v) is 3.08. The predicted octanol–water partition coefficient (Wildman–Crippen LogP) is 1.60. The maximum atomic E-state index is 11.0. The van der Waals surface area contributed by atoms with Gasteiger partial charge in [0.15, 0.2) is 0 Å². The van der Waals surface area contributed by atoms with Crippen LogP contribution in [0.5, 0.6) is 0 Å². The first-order valence-corrected chi connectivity index (χ1v) is 5.49. The van der Waals surface area contributed by atoms with Gasteiger partial charge in [0.1, 0.15) is 0 Å². The maximum Gasteiger partial charge on any atom is 0.407 e. The molecule has 1 saturated heterocycles. The van der Waals surface area contributed by atoms with Gasteiger partial charge in [-0.3, -0.25) is 4.79 Å². The van der Waals surface area contributed by atoms with Crippen molar-refractivity contribution in [2.24, 2.45) is 5.73 Å². The van der Waals surface area contributed by atoms with Crippen molar-refractivity contribution in [2.75, 3.05) is 6.54 Å².